The van der Waals surface area contributed by atoms with E-state index in [-0.39, 0.29) is 6.04 Å². The second kappa shape index (κ2) is 7.43. The highest BCUT2D eigenvalue weighted by molar-refractivity contribution is 6.31. The lowest BCUT2D eigenvalue weighted by atomic mass is 9.84. The number of anilines is 1. The molecule has 0 aliphatic carbocycles. The molecule has 2 aliphatic rings. The molecule has 7 heteroatoms. The Morgan fingerprint density at radius 2 is 1.78 bits per heavy atom. The Labute approximate surface area is 190 Å². The van der Waals surface area contributed by atoms with Gasteiger partial charge < -0.3 is 14.8 Å². The Morgan fingerprint density at radius 3 is 2.59 bits per heavy atom. The molecule has 4 aromatic rings. The number of benzene rings is 3. The maximum Gasteiger partial charge on any atom is 0.226 e. The molecule has 0 fully saturated rings. The average Bonchev–Trinajstić information content (AvgIpc) is 3.31. The average molecular weight is 443 g/mol. The summed E-state index contributed by atoms with van der Waals surface area (Å²) < 4.78 is 13.8. The summed E-state index contributed by atoms with van der Waals surface area (Å²) in [5, 5.41) is 8.70. The van der Waals surface area contributed by atoms with Crippen molar-refractivity contribution in [1.82, 2.24) is 14.8 Å². The van der Waals surface area contributed by atoms with Gasteiger partial charge in [0.2, 0.25) is 5.95 Å². The van der Waals surface area contributed by atoms with E-state index in [0.717, 1.165) is 39.5 Å². The van der Waals surface area contributed by atoms with Crippen LogP contribution in [0.2, 0.25) is 5.02 Å². The number of hydrogen-bond donors (Lipinski definition) is 1. The first-order valence-corrected chi connectivity index (χ1v) is 10.7. The topological polar surface area (TPSA) is 61.2 Å². The molecular formula is C25H19ClN4O2. The monoisotopic (exact) mass is 442 g/mol. The SMILES string of the molecule is COc1ccc([C@@H]2C3=C(Nc4ncnn42)c2ccccc2O[C@H]3c2ccccc2Cl)cc1. The van der Waals surface area contributed by atoms with E-state index in [1.165, 1.54) is 0 Å². The number of nitrogens with one attached hydrogen (secondary N) is 1. The van der Waals surface area contributed by atoms with Crippen LogP contribution in [0.3, 0.4) is 0 Å². The predicted octanol–water partition coefficient (Wildman–Crippen LogP) is 5.50. The molecule has 6 rings (SSSR count). The van der Waals surface area contributed by atoms with Crippen LogP contribution in [0.1, 0.15) is 28.8 Å². The second-order valence-corrected chi connectivity index (χ2v) is 8.08. The Bertz CT molecular complexity index is 1350. The highest BCUT2D eigenvalue weighted by Gasteiger charge is 2.41. The fraction of sp³-hybridized carbons (Fsp3) is 0.120. The van der Waals surface area contributed by atoms with E-state index in [2.05, 4.69) is 33.6 Å². The van der Waals surface area contributed by atoms with E-state index in [9.17, 15) is 0 Å². The normalized spacial score (nSPS) is 18.7. The highest BCUT2D eigenvalue weighted by atomic mass is 35.5. The maximum absolute atomic E-state index is 6.65. The number of para-hydroxylation sites is 1. The van der Waals surface area contributed by atoms with Crippen LogP contribution in [0.15, 0.2) is 84.7 Å². The molecule has 0 saturated carbocycles. The van der Waals surface area contributed by atoms with Gasteiger partial charge in [-0.05, 0) is 35.9 Å². The molecule has 0 amide bonds. The van der Waals surface area contributed by atoms with Gasteiger partial charge in [-0.25, -0.2) is 4.68 Å². The third-order valence-electron chi connectivity index (χ3n) is 5.94. The number of rotatable bonds is 3. The summed E-state index contributed by atoms with van der Waals surface area (Å²) in [5.41, 5.74) is 4.93. The predicted molar refractivity (Wildman–Crippen MR) is 123 cm³/mol. The molecule has 0 radical (unpaired) electrons. The Morgan fingerprint density at radius 1 is 1.00 bits per heavy atom. The molecule has 1 aromatic heterocycles. The highest BCUT2D eigenvalue weighted by Crippen LogP contribution is 2.51. The van der Waals surface area contributed by atoms with E-state index in [0.29, 0.717) is 11.0 Å². The Balaban J connectivity index is 1.62. The molecular weight excluding hydrogens is 424 g/mol. The van der Waals surface area contributed by atoms with Crippen LogP contribution in [0, 0.1) is 0 Å². The van der Waals surface area contributed by atoms with Crippen LogP contribution in [-0.4, -0.2) is 21.9 Å². The van der Waals surface area contributed by atoms with Crippen molar-refractivity contribution in [2.24, 2.45) is 0 Å². The number of methoxy groups -OCH3 is 1. The zero-order chi connectivity index (χ0) is 21.7. The maximum atomic E-state index is 6.65. The summed E-state index contributed by atoms with van der Waals surface area (Å²) in [6.07, 6.45) is 1.17. The van der Waals surface area contributed by atoms with Crippen LogP contribution in [0.25, 0.3) is 5.70 Å². The molecule has 2 atom stereocenters. The zero-order valence-corrected chi connectivity index (χ0v) is 18.0. The van der Waals surface area contributed by atoms with E-state index < -0.39 is 6.10 Å². The van der Waals surface area contributed by atoms with E-state index in [4.69, 9.17) is 21.1 Å². The molecule has 0 unspecified atom stereocenters. The minimum atomic E-state index is -0.398. The molecule has 32 heavy (non-hydrogen) atoms. The summed E-state index contributed by atoms with van der Waals surface area (Å²) in [5.74, 6) is 2.27. The van der Waals surface area contributed by atoms with Gasteiger partial charge in [-0.15, -0.1) is 0 Å². The first-order chi connectivity index (χ1) is 15.7. The smallest absolute Gasteiger partial charge is 0.226 e. The standard InChI is InChI=1S/C25H19ClN4O2/c1-31-16-12-10-15(11-13-16)23-21-22(29-25-27-14-28-30(23)25)18-7-3-5-9-20(18)32-24(21)17-6-2-4-8-19(17)26/h2-14,23-24H,1H3,(H,27,28,29)/t23-,24+/m1/s1. The lowest BCUT2D eigenvalue weighted by molar-refractivity contribution is 0.223. The summed E-state index contributed by atoms with van der Waals surface area (Å²) in [7, 11) is 1.66. The van der Waals surface area contributed by atoms with Crippen molar-refractivity contribution in [3.05, 3.63) is 106 Å². The van der Waals surface area contributed by atoms with Gasteiger partial charge in [0.15, 0.2) is 6.10 Å². The largest absolute Gasteiger partial charge is 0.497 e. The summed E-state index contributed by atoms with van der Waals surface area (Å²) in [6, 6.07) is 23.6. The van der Waals surface area contributed by atoms with Gasteiger partial charge in [0.25, 0.3) is 0 Å². The fourth-order valence-electron chi connectivity index (χ4n) is 4.47. The molecule has 0 saturated heterocycles. The number of fused-ring (bicyclic) bond motifs is 3. The summed E-state index contributed by atoms with van der Waals surface area (Å²) in [6.45, 7) is 0. The third-order valence-corrected chi connectivity index (χ3v) is 6.28. The molecule has 2 aliphatic heterocycles. The van der Waals surface area contributed by atoms with Gasteiger partial charge in [0.1, 0.15) is 23.9 Å². The van der Waals surface area contributed by atoms with Crippen LogP contribution >= 0.6 is 11.6 Å². The van der Waals surface area contributed by atoms with E-state index in [1.807, 2.05) is 59.3 Å². The van der Waals surface area contributed by atoms with Gasteiger partial charge >= 0.3 is 0 Å². The quantitative estimate of drug-likeness (QED) is 0.454. The number of aromatic nitrogens is 3. The molecule has 3 heterocycles. The Hall–Kier alpha value is -3.77. The van der Waals surface area contributed by atoms with E-state index in [1.54, 1.807) is 13.4 Å². The minimum Gasteiger partial charge on any atom is -0.497 e. The Kier molecular flexibility index (Phi) is 4.40. The second-order valence-electron chi connectivity index (χ2n) is 7.67. The van der Waals surface area contributed by atoms with Gasteiger partial charge in [0, 0.05) is 21.7 Å². The van der Waals surface area contributed by atoms with Gasteiger partial charge in [-0.2, -0.15) is 10.1 Å². The number of ether oxygens (including phenoxy) is 2. The van der Waals surface area contributed by atoms with Crippen molar-refractivity contribution in [2.75, 3.05) is 12.4 Å². The third kappa shape index (κ3) is 2.87. The van der Waals surface area contributed by atoms with Crippen molar-refractivity contribution in [1.29, 1.82) is 0 Å². The van der Waals surface area contributed by atoms with E-state index >= 15 is 0 Å². The lowest BCUT2D eigenvalue weighted by Crippen LogP contribution is -2.32. The van der Waals surface area contributed by atoms with Crippen molar-refractivity contribution in [2.45, 2.75) is 12.1 Å². The van der Waals surface area contributed by atoms with Crippen molar-refractivity contribution < 1.29 is 9.47 Å². The fourth-order valence-corrected chi connectivity index (χ4v) is 4.71. The summed E-state index contributed by atoms with van der Waals surface area (Å²) >= 11 is 6.65. The summed E-state index contributed by atoms with van der Waals surface area (Å²) in [4.78, 5) is 4.46. The first-order valence-electron chi connectivity index (χ1n) is 10.3. The van der Waals surface area contributed by atoms with Gasteiger partial charge in [0.05, 0.1) is 12.8 Å². The van der Waals surface area contributed by atoms with Crippen molar-refractivity contribution >= 4 is 23.2 Å². The van der Waals surface area contributed by atoms with Crippen LogP contribution < -0.4 is 14.8 Å². The molecule has 1 N–H and O–H groups in total. The lowest BCUT2D eigenvalue weighted by Gasteiger charge is -2.39. The van der Waals surface area contributed by atoms with Gasteiger partial charge in [-0.1, -0.05) is 54.1 Å². The number of halogens is 1. The molecule has 6 nitrogen and oxygen atoms in total. The molecule has 0 spiro atoms. The number of hydrogen-bond acceptors (Lipinski definition) is 5. The van der Waals surface area contributed by atoms with Gasteiger partial charge in [-0.3, -0.25) is 0 Å². The van der Waals surface area contributed by atoms with Crippen molar-refractivity contribution in [3.8, 4) is 11.5 Å². The first kappa shape index (κ1) is 19.0. The minimum absolute atomic E-state index is 0.232. The zero-order valence-electron chi connectivity index (χ0n) is 17.2. The van der Waals surface area contributed by atoms with Crippen molar-refractivity contribution in [3.63, 3.8) is 0 Å². The molecule has 158 valence electrons. The molecule has 3 aromatic carbocycles. The number of nitrogens with zero attached hydrogens (tertiary/aromatic N) is 3. The van der Waals surface area contributed by atoms with Crippen LogP contribution in [0.4, 0.5) is 5.95 Å². The molecule has 0 bridgehead atoms. The van der Waals surface area contributed by atoms with Crippen LogP contribution in [-0.2, 0) is 0 Å². The van der Waals surface area contributed by atoms with Crippen LogP contribution in [0.5, 0.6) is 11.5 Å².